The van der Waals surface area contributed by atoms with Crippen molar-refractivity contribution >= 4 is 0 Å². The molecule has 1 aromatic rings. The van der Waals surface area contributed by atoms with Crippen molar-refractivity contribution in [1.82, 2.24) is 0 Å². The van der Waals surface area contributed by atoms with Crippen molar-refractivity contribution in [3.05, 3.63) is 23.8 Å². The van der Waals surface area contributed by atoms with Crippen molar-refractivity contribution in [1.29, 1.82) is 0 Å². The molecular formula is C10H14O3. The minimum absolute atomic E-state index is 0.0958. The fourth-order valence-corrected chi connectivity index (χ4v) is 1.12. The number of phenols is 1. The van der Waals surface area contributed by atoms with Gasteiger partial charge in [0.25, 0.3) is 0 Å². The second kappa shape index (κ2) is 4.14. The minimum atomic E-state index is -0.680. The molecule has 0 fully saturated rings. The normalized spacial score (nSPS) is 12.5. The van der Waals surface area contributed by atoms with Crippen LogP contribution in [0.3, 0.4) is 0 Å². The van der Waals surface area contributed by atoms with E-state index in [-0.39, 0.29) is 5.75 Å². The Bertz CT molecular complexity index is 281. The number of hydrogen-bond donors (Lipinski definition) is 2. The first kappa shape index (κ1) is 9.86. The van der Waals surface area contributed by atoms with Crippen molar-refractivity contribution in [3.63, 3.8) is 0 Å². The Labute approximate surface area is 77.6 Å². The quantitative estimate of drug-likeness (QED) is 0.750. The van der Waals surface area contributed by atoms with Crippen LogP contribution in [0.2, 0.25) is 0 Å². The van der Waals surface area contributed by atoms with E-state index in [1.54, 1.807) is 19.1 Å². The van der Waals surface area contributed by atoms with Gasteiger partial charge in [-0.1, -0.05) is 0 Å². The van der Waals surface area contributed by atoms with Crippen LogP contribution in [-0.2, 0) is 0 Å². The highest BCUT2D eigenvalue weighted by Crippen LogP contribution is 2.27. The highest BCUT2D eigenvalue weighted by molar-refractivity contribution is 5.40. The third-order valence-corrected chi connectivity index (χ3v) is 1.76. The molecule has 2 N–H and O–H groups in total. The Morgan fingerprint density at radius 2 is 2.15 bits per heavy atom. The Hall–Kier alpha value is -1.22. The van der Waals surface area contributed by atoms with E-state index in [2.05, 4.69) is 0 Å². The van der Waals surface area contributed by atoms with E-state index >= 15 is 0 Å². The van der Waals surface area contributed by atoms with Gasteiger partial charge in [0.1, 0.15) is 11.5 Å². The number of phenolic OH excluding ortho intramolecular Hbond substituents is 1. The van der Waals surface area contributed by atoms with Crippen LogP contribution in [0.1, 0.15) is 25.5 Å². The van der Waals surface area contributed by atoms with Crippen molar-refractivity contribution in [2.24, 2.45) is 0 Å². The van der Waals surface area contributed by atoms with Gasteiger partial charge in [-0.05, 0) is 32.0 Å². The third-order valence-electron chi connectivity index (χ3n) is 1.76. The number of benzene rings is 1. The topological polar surface area (TPSA) is 49.7 Å². The predicted octanol–water partition coefficient (Wildman–Crippen LogP) is 1.84. The molecule has 0 saturated carbocycles. The zero-order chi connectivity index (χ0) is 9.84. The first-order valence-corrected chi connectivity index (χ1v) is 4.29. The predicted molar refractivity (Wildman–Crippen MR) is 49.9 cm³/mol. The van der Waals surface area contributed by atoms with Gasteiger partial charge < -0.3 is 14.9 Å². The average Bonchev–Trinajstić information content (AvgIpc) is 2.08. The highest BCUT2D eigenvalue weighted by atomic mass is 16.5. The number of aliphatic hydroxyl groups is 1. The van der Waals surface area contributed by atoms with Gasteiger partial charge in [0.15, 0.2) is 0 Å². The zero-order valence-corrected chi connectivity index (χ0v) is 7.82. The molecule has 0 bridgehead atoms. The summed E-state index contributed by atoms with van der Waals surface area (Å²) in [4.78, 5) is 0. The van der Waals surface area contributed by atoms with Crippen molar-refractivity contribution in [2.75, 3.05) is 6.61 Å². The van der Waals surface area contributed by atoms with Crippen LogP contribution < -0.4 is 4.74 Å². The van der Waals surface area contributed by atoms with Gasteiger partial charge in [-0.25, -0.2) is 0 Å². The van der Waals surface area contributed by atoms with E-state index in [0.717, 1.165) is 0 Å². The summed E-state index contributed by atoms with van der Waals surface area (Å²) in [5.74, 6) is 0.759. The van der Waals surface area contributed by atoms with Gasteiger partial charge in [-0.15, -0.1) is 0 Å². The van der Waals surface area contributed by atoms with Crippen LogP contribution in [-0.4, -0.2) is 16.8 Å². The first-order chi connectivity index (χ1) is 6.15. The molecule has 3 heteroatoms. The average molecular weight is 182 g/mol. The number of rotatable bonds is 3. The summed E-state index contributed by atoms with van der Waals surface area (Å²) >= 11 is 0. The SMILES string of the molecule is CCOc1ccc(O)c(C(C)O)c1. The van der Waals surface area contributed by atoms with E-state index in [1.165, 1.54) is 6.07 Å². The molecule has 13 heavy (non-hydrogen) atoms. The molecule has 0 spiro atoms. The molecule has 1 rings (SSSR count). The summed E-state index contributed by atoms with van der Waals surface area (Å²) in [7, 11) is 0. The second-order valence-electron chi connectivity index (χ2n) is 2.83. The van der Waals surface area contributed by atoms with Crippen molar-refractivity contribution in [3.8, 4) is 11.5 Å². The maximum absolute atomic E-state index is 9.36. The molecule has 0 saturated heterocycles. The largest absolute Gasteiger partial charge is 0.508 e. The van der Waals surface area contributed by atoms with Gasteiger partial charge in [0.2, 0.25) is 0 Å². The van der Waals surface area contributed by atoms with Gasteiger partial charge in [0.05, 0.1) is 12.7 Å². The van der Waals surface area contributed by atoms with E-state index in [0.29, 0.717) is 17.9 Å². The summed E-state index contributed by atoms with van der Waals surface area (Å²) in [5, 5.41) is 18.6. The zero-order valence-electron chi connectivity index (χ0n) is 7.82. The lowest BCUT2D eigenvalue weighted by Gasteiger charge is -2.09. The molecule has 0 heterocycles. The van der Waals surface area contributed by atoms with Crippen LogP contribution in [0.25, 0.3) is 0 Å². The van der Waals surface area contributed by atoms with Crippen LogP contribution in [0.5, 0.6) is 11.5 Å². The maximum Gasteiger partial charge on any atom is 0.121 e. The molecule has 0 radical (unpaired) electrons. The molecule has 0 aliphatic heterocycles. The number of hydrogen-bond acceptors (Lipinski definition) is 3. The van der Waals surface area contributed by atoms with Crippen LogP contribution in [0.4, 0.5) is 0 Å². The molecule has 1 atom stereocenters. The first-order valence-electron chi connectivity index (χ1n) is 4.29. The third kappa shape index (κ3) is 2.36. The van der Waals surface area contributed by atoms with Gasteiger partial charge >= 0.3 is 0 Å². The highest BCUT2D eigenvalue weighted by Gasteiger charge is 2.08. The summed E-state index contributed by atoms with van der Waals surface area (Å²) in [5.41, 5.74) is 0.492. The molecule has 72 valence electrons. The lowest BCUT2D eigenvalue weighted by atomic mass is 10.1. The van der Waals surface area contributed by atoms with E-state index in [4.69, 9.17) is 4.74 Å². The Kier molecular flexibility index (Phi) is 3.14. The molecule has 0 aliphatic rings. The molecule has 0 amide bonds. The summed E-state index contributed by atoms with van der Waals surface area (Å²) in [6.45, 7) is 4.06. The minimum Gasteiger partial charge on any atom is -0.508 e. The van der Waals surface area contributed by atoms with Crippen LogP contribution >= 0.6 is 0 Å². The van der Waals surface area contributed by atoms with Gasteiger partial charge in [0, 0.05) is 5.56 Å². The standard InChI is InChI=1S/C10H14O3/c1-3-13-8-4-5-10(12)9(6-8)7(2)11/h4-7,11-12H,3H2,1-2H3. The lowest BCUT2D eigenvalue weighted by molar-refractivity contribution is 0.194. The van der Waals surface area contributed by atoms with Gasteiger partial charge in [-0.3, -0.25) is 0 Å². The number of ether oxygens (including phenoxy) is 1. The second-order valence-corrected chi connectivity index (χ2v) is 2.83. The summed E-state index contributed by atoms with van der Waals surface area (Å²) in [6, 6.07) is 4.83. The van der Waals surface area contributed by atoms with Crippen molar-refractivity contribution in [2.45, 2.75) is 20.0 Å². The van der Waals surface area contributed by atoms with E-state index in [9.17, 15) is 10.2 Å². The monoisotopic (exact) mass is 182 g/mol. The van der Waals surface area contributed by atoms with E-state index < -0.39 is 6.10 Å². The van der Waals surface area contributed by atoms with Crippen LogP contribution in [0.15, 0.2) is 18.2 Å². The molecule has 1 unspecified atom stereocenters. The molecule has 0 aromatic heterocycles. The smallest absolute Gasteiger partial charge is 0.121 e. The summed E-state index contributed by atoms with van der Waals surface area (Å²) in [6.07, 6.45) is -0.680. The number of aliphatic hydroxyl groups excluding tert-OH is 1. The van der Waals surface area contributed by atoms with Gasteiger partial charge in [-0.2, -0.15) is 0 Å². The molecular weight excluding hydrogens is 168 g/mol. The number of aromatic hydroxyl groups is 1. The lowest BCUT2D eigenvalue weighted by Crippen LogP contribution is -1.95. The van der Waals surface area contributed by atoms with Crippen LogP contribution in [0, 0.1) is 0 Å². The summed E-state index contributed by atoms with van der Waals surface area (Å²) < 4.78 is 5.23. The molecule has 0 aliphatic carbocycles. The fraction of sp³-hybridized carbons (Fsp3) is 0.400. The Balaban J connectivity index is 2.97. The maximum atomic E-state index is 9.36. The molecule has 3 nitrogen and oxygen atoms in total. The van der Waals surface area contributed by atoms with E-state index in [1.807, 2.05) is 6.92 Å². The molecule has 1 aromatic carbocycles. The fourth-order valence-electron chi connectivity index (χ4n) is 1.12. The Morgan fingerprint density at radius 3 is 2.69 bits per heavy atom. The van der Waals surface area contributed by atoms with Crippen molar-refractivity contribution < 1.29 is 14.9 Å². The Morgan fingerprint density at radius 1 is 1.46 bits per heavy atom.